The van der Waals surface area contributed by atoms with E-state index in [0.29, 0.717) is 17.9 Å². The van der Waals surface area contributed by atoms with Crippen molar-refractivity contribution in [1.82, 2.24) is 0 Å². The first-order valence-corrected chi connectivity index (χ1v) is 5.26. The van der Waals surface area contributed by atoms with Crippen LogP contribution in [0.5, 0.6) is 0 Å². The first-order valence-electron chi connectivity index (χ1n) is 5.26. The van der Waals surface area contributed by atoms with Crippen molar-refractivity contribution in [2.75, 3.05) is 12.3 Å². The number of hydrogen-bond donors (Lipinski definition) is 1. The van der Waals surface area contributed by atoms with Gasteiger partial charge in [-0.15, -0.1) is 0 Å². The van der Waals surface area contributed by atoms with Crippen molar-refractivity contribution in [3.8, 4) is 0 Å². The molecule has 0 heterocycles. The number of benzene rings is 1. The smallest absolute Gasteiger partial charge is 0.338 e. The fraction of sp³-hybridized carbons (Fsp3) is 0.417. The zero-order valence-electron chi connectivity index (χ0n) is 9.03. The Hall–Kier alpha value is -1.51. The summed E-state index contributed by atoms with van der Waals surface area (Å²) in [5.41, 5.74) is 6.67. The Morgan fingerprint density at radius 1 is 1.40 bits per heavy atom. The molecule has 0 unspecified atom stereocenters. The summed E-state index contributed by atoms with van der Waals surface area (Å²) < 4.78 is 5.09. The Bertz CT molecular complexity index is 323. The summed E-state index contributed by atoms with van der Waals surface area (Å²) in [5.74, 6) is -0.293. The summed E-state index contributed by atoms with van der Waals surface area (Å²) in [6, 6.07) is 6.83. The van der Waals surface area contributed by atoms with Crippen molar-refractivity contribution in [3.63, 3.8) is 0 Å². The highest BCUT2D eigenvalue weighted by Gasteiger charge is 2.06. The number of unbranched alkanes of at least 4 members (excludes halogenated alkanes) is 2. The molecule has 1 rings (SSSR count). The van der Waals surface area contributed by atoms with Gasteiger partial charge in [0.2, 0.25) is 0 Å². The van der Waals surface area contributed by atoms with Gasteiger partial charge < -0.3 is 10.5 Å². The van der Waals surface area contributed by atoms with Gasteiger partial charge in [0.1, 0.15) is 0 Å². The van der Waals surface area contributed by atoms with Crippen LogP contribution in [0.2, 0.25) is 0 Å². The van der Waals surface area contributed by atoms with Gasteiger partial charge in [-0.05, 0) is 24.6 Å². The Morgan fingerprint density at radius 3 is 2.87 bits per heavy atom. The highest BCUT2D eigenvalue weighted by molar-refractivity contribution is 5.90. The van der Waals surface area contributed by atoms with Gasteiger partial charge in [-0.1, -0.05) is 25.8 Å². The number of carbonyl (C=O) groups excluding carboxylic acids is 1. The van der Waals surface area contributed by atoms with Crippen molar-refractivity contribution in [2.24, 2.45) is 0 Å². The van der Waals surface area contributed by atoms with Gasteiger partial charge in [-0.25, -0.2) is 4.79 Å². The number of anilines is 1. The Balaban J connectivity index is 2.40. The van der Waals surface area contributed by atoms with E-state index in [1.807, 2.05) is 0 Å². The standard InChI is InChI=1S/C12H17NO2/c1-2-3-4-8-15-12(14)10-6-5-7-11(13)9-10/h5-7,9H,2-4,8,13H2,1H3. The maximum Gasteiger partial charge on any atom is 0.338 e. The largest absolute Gasteiger partial charge is 0.462 e. The molecule has 0 aliphatic carbocycles. The van der Waals surface area contributed by atoms with E-state index in [4.69, 9.17) is 10.5 Å². The number of carbonyl (C=O) groups is 1. The van der Waals surface area contributed by atoms with Crippen molar-refractivity contribution in [2.45, 2.75) is 26.2 Å². The Labute approximate surface area is 90.2 Å². The third-order valence-electron chi connectivity index (χ3n) is 2.10. The third kappa shape index (κ3) is 4.02. The van der Waals surface area contributed by atoms with Gasteiger partial charge in [-0.3, -0.25) is 0 Å². The van der Waals surface area contributed by atoms with Gasteiger partial charge in [0.15, 0.2) is 0 Å². The second-order valence-corrected chi connectivity index (χ2v) is 3.47. The van der Waals surface area contributed by atoms with Crippen LogP contribution in [0.4, 0.5) is 5.69 Å². The predicted octanol–water partition coefficient (Wildman–Crippen LogP) is 2.62. The minimum absolute atomic E-state index is 0.293. The number of ether oxygens (including phenoxy) is 1. The molecule has 0 atom stereocenters. The van der Waals surface area contributed by atoms with E-state index >= 15 is 0 Å². The van der Waals surface area contributed by atoms with Crippen LogP contribution in [0.3, 0.4) is 0 Å². The van der Waals surface area contributed by atoms with Crippen LogP contribution in [0.25, 0.3) is 0 Å². The first-order chi connectivity index (χ1) is 7.24. The van der Waals surface area contributed by atoms with Gasteiger partial charge in [0.05, 0.1) is 12.2 Å². The van der Waals surface area contributed by atoms with Gasteiger partial charge in [-0.2, -0.15) is 0 Å². The van der Waals surface area contributed by atoms with E-state index in [-0.39, 0.29) is 5.97 Å². The first kappa shape index (κ1) is 11.6. The summed E-state index contributed by atoms with van der Waals surface area (Å²) in [7, 11) is 0. The number of hydrogen-bond acceptors (Lipinski definition) is 3. The van der Waals surface area contributed by atoms with Crippen molar-refractivity contribution in [3.05, 3.63) is 29.8 Å². The quantitative estimate of drug-likeness (QED) is 0.458. The number of rotatable bonds is 5. The molecule has 1 aromatic carbocycles. The second-order valence-electron chi connectivity index (χ2n) is 3.47. The zero-order valence-corrected chi connectivity index (χ0v) is 9.03. The molecule has 1 aromatic rings. The Kier molecular flexibility index (Phi) is 4.68. The molecule has 0 saturated heterocycles. The van der Waals surface area contributed by atoms with E-state index in [9.17, 15) is 4.79 Å². The molecule has 3 nitrogen and oxygen atoms in total. The van der Waals surface area contributed by atoms with Gasteiger partial charge in [0, 0.05) is 5.69 Å². The van der Waals surface area contributed by atoms with E-state index < -0.39 is 0 Å². The average Bonchev–Trinajstić information content (AvgIpc) is 2.24. The van der Waals surface area contributed by atoms with Crippen molar-refractivity contribution in [1.29, 1.82) is 0 Å². The molecule has 0 bridgehead atoms. The van der Waals surface area contributed by atoms with E-state index in [0.717, 1.165) is 19.3 Å². The van der Waals surface area contributed by atoms with Crippen molar-refractivity contribution < 1.29 is 9.53 Å². The topological polar surface area (TPSA) is 52.3 Å². The lowest BCUT2D eigenvalue weighted by atomic mass is 10.2. The van der Waals surface area contributed by atoms with Crippen LogP contribution < -0.4 is 5.73 Å². The highest BCUT2D eigenvalue weighted by atomic mass is 16.5. The second kappa shape index (κ2) is 6.06. The molecule has 3 heteroatoms. The lowest BCUT2D eigenvalue weighted by Crippen LogP contribution is -2.06. The molecular formula is C12H17NO2. The van der Waals surface area contributed by atoms with Gasteiger partial charge in [0.25, 0.3) is 0 Å². The van der Waals surface area contributed by atoms with E-state index in [2.05, 4.69) is 6.92 Å². The zero-order chi connectivity index (χ0) is 11.1. The molecule has 0 amide bonds. The number of esters is 1. The summed E-state index contributed by atoms with van der Waals surface area (Å²) in [6.45, 7) is 2.60. The maximum atomic E-state index is 11.5. The SMILES string of the molecule is CCCCCOC(=O)c1cccc(N)c1. The third-order valence-corrected chi connectivity index (χ3v) is 2.10. The number of nitrogens with two attached hydrogens (primary N) is 1. The molecule has 0 radical (unpaired) electrons. The summed E-state index contributed by atoms with van der Waals surface area (Å²) in [5, 5.41) is 0. The van der Waals surface area contributed by atoms with Crippen LogP contribution in [0.1, 0.15) is 36.5 Å². The molecule has 0 saturated carbocycles. The molecule has 0 aliphatic rings. The average molecular weight is 207 g/mol. The monoisotopic (exact) mass is 207 g/mol. The maximum absolute atomic E-state index is 11.5. The fourth-order valence-electron chi connectivity index (χ4n) is 1.27. The minimum Gasteiger partial charge on any atom is -0.462 e. The molecule has 82 valence electrons. The highest BCUT2D eigenvalue weighted by Crippen LogP contribution is 2.08. The number of nitrogen functional groups attached to an aromatic ring is 1. The van der Waals surface area contributed by atoms with Crippen LogP contribution in [-0.4, -0.2) is 12.6 Å². The van der Waals surface area contributed by atoms with Crippen LogP contribution >= 0.6 is 0 Å². The molecule has 0 fully saturated rings. The molecule has 0 spiro atoms. The lowest BCUT2D eigenvalue weighted by molar-refractivity contribution is 0.0498. The van der Waals surface area contributed by atoms with Gasteiger partial charge >= 0.3 is 5.97 Å². The molecule has 2 N–H and O–H groups in total. The molecule has 0 aromatic heterocycles. The minimum atomic E-state index is -0.293. The van der Waals surface area contributed by atoms with Crippen LogP contribution in [0.15, 0.2) is 24.3 Å². The van der Waals surface area contributed by atoms with E-state index in [1.54, 1.807) is 24.3 Å². The molecule has 15 heavy (non-hydrogen) atoms. The predicted molar refractivity (Wildman–Crippen MR) is 60.7 cm³/mol. The van der Waals surface area contributed by atoms with E-state index in [1.165, 1.54) is 0 Å². The molecular weight excluding hydrogens is 190 g/mol. The Morgan fingerprint density at radius 2 is 2.20 bits per heavy atom. The summed E-state index contributed by atoms with van der Waals surface area (Å²) >= 11 is 0. The summed E-state index contributed by atoms with van der Waals surface area (Å²) in [6.07, 6.45) is 3.13. The molecule has 0 aliphatic heterocycles. The van der Waals surface area contributed by atoms with Crippen LogP contribution in [0, 0.1) is 0 Å². The fourth-order valence-corrected chi connectivity index (χ4v) is 1.27. The normalized spacial score (nSPS) is 9.93. The van der Waals surface area contributed by atoms with Crippen LogP contribution in [-0.2, 0) is 4.74 Å². The van der Waals surface area contributed by atoms with Crippen molar-refractivity contribution >= 4 is 11.7 Å². The lowest BCUT2D eigenvalue weighted by Gasteiger charge is -2.04. The summed E-state index contributed by atoms with van der Waals surface area (Å²) in [4.78, 5) is 11.5.